The summed E-state index contributed by atoms with van der Waals surface area (Å²) in [6, 6.07) is 0. The quantitative estimate of drug-likeness (QED) is 0.719. The normalized spacial score (nSPS) is 35.1. The molecule has 0 unspecified atom stereocenters. The van der Waals surface area contributed by atoms with Gasteiger partial charge < -0.3 is 28.8 Å². The molecule has 154 valence electrons. The van der Waals surface area contributed by atoms with Crippen LogP contribution in [0.2, 0.25) is 0 Å². The van der Waals surface area contributed by atoms with Gasteiger partial charge in [0.2, 0.25) is 0 Å². The molecule has 0 aromatic rings. The fraction of sp³-hybridized carbons (Fsp3) is 0.950. The summed E-state index contributed by atoms with van der Waals surface area (Å²) in [6.07, 6.45) is 4.50. The minimum atomic E-state index is -0.280. The number of rotatable bonds is 6. The number of aliphatic hydroxyl groups excluding tert-OH is 1. The van der Waals surface area contributed by atoms with Gasteiger partial charge in [-0.25, -0.2) is 0 Å². The molecule has 2 fully saturated rings. The lowest BCUT2D eigenvalue weighted by Gasteiger charge is -2.34. The Balaban J connectivity index is 0.000000260. The maximum absolute atomic E-state index is 10.6. The molecule has 2 aliphatic heterocycles. The number of hydrogen-bond donors (Lipinski definition) is 1. The molecule has 0 spiro atoms. The third-order valence-electron chi connectivity index (χ3n) is 4.71. The van der Waals surface area contributed by atoms with Crippen molar-refractivity contribution in [1.82, 2.24) is 0 Å². The van der Waals surface area contributed by atoms with E-state index >= 15 is 0 Å². The van der Waals surface area contributed by atoms with Crippen LogP contribution in [0.25, 0.3) is 0 Å². The van der Waals surface area contributed by atoms with Crippen LogP contribution < -0.4 is 0 Å². The second kappa shape index (κ2) is 12.0. The summed E-state index contributed by atoms with van der Waals surface area (Å²) in [7, 11) is 0. The van der Waals surface area contributed by atoms with Crippen LogP contribution in [-0.4, -0.2) is 55.0 Å². The van der Waals surface area contributed by atoms with Crippen LogP contribution in [0.4, 0.5) is 0 Å². The van der Waals surface area contributed by atoms with E-state index in [0.717, 1.165) is 32.0 Å². The van der Waals surface area contributed by atoms with Gasteiger partial charge in [0.15, 0.2) is 12.6 Å². The van der Waals surface area contributed by atoms with Crippen LogP contribution in [0.5, 0.6) is 0 Å². The average Bonchev–Trinajstić information content (AvgIpc) is 2.58. The third-order valence-corrected chi connectivity index (χ3v) is 4.71. The Labute approximate surface area is 158 Å². The predicted molar refractivity (Wildman–Crippen MR) is 99.7 cm³/mol. The van der Waals surface area contributed by atoms with E-state index in [1.807, 2.05) is 34.6 Å². The van der Waals surface area contributed by atoms with Gasteiger partial charge >= 0.3 is 0 Å². The molecule has 0 radical (unpaired) electrons. The van der Waals surface area contributed by atoms with E-state index < -0.39 is 0 Å². The highest BCUT2D eigenvalue weighted by Crippen LogP contribution is 2.26. The molecule has 0 bridgehead atoms. The van der Waals surface area contributed by atoms with Crippen LogP contribution >= 0.6 is 0 Å². The maximum Gasteiger partial charge on any atom is 0.158 e. The first-order valence-electron chi connectivity index (χ1n) is 9.94. The van der Waals surface area contributed by atoms with Gasteiger partial charge in [0, 0.05) is 0 Å². The first-order valence-corrected chi connectivity index (χ1v) is 9.94. The molecule has 0 aromatic carbocycles. The van der Waals surface area contributed by atoms with Crippen molar-refractivity contribution in [1.29, 1.82) is 0 Å². The number of ether oxygens (including phenoxy) is 4. The van der Waals surface area contributed by atoms with Crippen molar-refractivity contribution in [3.8, 4) is 0 Å². The van der Waals surface area contributed by atoms with E-state index in [-0.39, 0.29) is 43.6 Å². The number of hydrogen-bond acceptors (Lipinski definition) is 6. The zero-order chi connectivity index (χ0) is 19.7. The van der Waals surface area contributed by atoms with E-state index in [1.165, 1.54) is 0 Å². The van der Waals surface area contributed by atoms with Crippen LogP contribution in [0.3, 0.4) is 0 Å². The van der Waals surface area contributed by atoms with Crippen molar-refractivity contribution in [3.63, 3.8) is 0 Å². The standard InChI is InChI=1S/C10H20O3.C10H18O3/c2*1-7(2)12-10-5-4-8(3)9(6-11)13-10/h7-11H,4-6H2,1-3H3;6-10H,4-5H2,1-3H3/t2*8-,9+,10-/m00/s1. The molecule has 0 saturated carbocycles. The highest BCUT2D eigenvalue weighted by atomic mass is 16.7. The second-order valence-corrected chi connectivity index (χ2v) is 7.93. The summed E-state index contributed by atoms with van der Waals surface area (Å²) in [4.78, 5) is 10.6. The van der Waals surface area contributed by atoms with Gasteiger partial charge in [-0.3, -0.25) is 0 Å². The van der Waals surface area contributed by atoms with Crippen molar-refractivity contribution in [3.05, 3.63) is 0 Å². The van der Waals surface area contributed by atoms with Crippen LogP contribution in [-0.2, 0) is 23.7 Å². The van der Waals surface area contributed by atoms with Gasteiger partial charge in [-0.2, -0.15) is 0 Å². The lowest BCUT2D eigenvalue weighted by atomic mass is 9.96. The van der Waals surface area contributed by atoms with Crippen molar-refractivity contribution < 1.29 is 28.8 Å². The molecular weight excluding hydrogens is 336 g/mol. The number of aliphatic hydroxyl groups is 1. The lowest BCUT2D eigenvalue weighted by Crippen LogP contribution is -2.38. The maximum atomic E-state index is 10.6. The highest BCUT2D eigenvalue weighted by Gasteiger charge is 2.29. The fourth-order valence-corrected chi connectivity index (χ4v) is 3.12. The van der Waals surface area contributed by atoms with Gasteiger partial charge in [0.25, 0.3) is 0 Å². The Hall–Kier alpha value is -0.530. The molecule has 0 aromatic heterocycles. The molecule has 2 rings (SSSR count). The molecule has 6 nitrogen and oxygen atoms in total. The molecule has 2 aliphatic rings. The molecular formula is C20H38O6. The average molecular weight is 375 g/mol. The Morgan fingerprint density at radius 2 is 1.42 bits per heavy atom. The minimum Gasteiger partial charge on any atom is -0.394 e. The van der Waals surface area contributed by atoms with Crippen molar-refractivity contribution in [2.75, 3.05) is 6.61 Å². The first kappa shape index (κ1) is 23.5. The zero-order valence-electron chi connectivity index (χ0n) is 17.2. The summed E-state index contributed by atoms with van der Waals surface area (Å²) in [5, 5.41) is 9.03. The zero-order valence-corrected chi connectivity index (χ0v) is 17.2. The van der Waals surface area contributed by atoms with Crippen LogP contribution in [0.15, 0.2) is 0 Å². The molecule has 26 heavy (non-hydrogen) atoms. The van der Waals surface area contributed by atoms with Crippen LogP contribution in [0.1, 0.15) is 67.2 Å². The Morgan fingerprint density at radius 1 is 0.923 bits per heavy atom. The highest BCUT2D eigenvalue weighted by molar-refractivity contribution is 5.56. The predicted octanol–water partition coefficient (Wildman–Crippen LogP) is 3.30. The monoisotopic (exact) mass is 374 g/mol. The molecule has 1 N–H and O–H groups in total. The molecule has 6 heteroatoms. The SMILES string of the molecule is CC(C)O[C@@H]1CC[C@H](C)[C@@H](C=O)O1.CC(C)O[C@@H]1CC[C@H](C)[C@@H](CO)O1. The van der Waals surface area contributed by atoms with Crippen molar-refractivity contribution >= 4 is 6.29 Å². The van der Waals surface area contributed by atoms with E-state index in [0.29, 0.717) is 11.8 Å². The number of carbonyl (C=O) groups is 1. The van der Waals surface area contributed by atoms with Crippen molar-refractivity contribution in [2.24, 2.45) is 11.8 Å². The molecule has 0 amide bonds. The van der Waals surface area contributed by atoms with Gasteiger partial charge in [0.05, 0.1) is 24.9 Å². The Bertz CT molecular complexity index is 386. The second-order valence-electron chi connectivity index (χ2n) is 7.93. The van der Waals surface area contributed by atoms with E-state index in [9.17, 15) is 4.79 Å². The Kier molecular flexibility index (Phi) is 10.9. The Morgan fingerprint density at radius 3 is 1.88 bits per heavy atom. The van der Waals surface area contributed by atoms with Crippen LogP contribution in [0, 0.1) is 11.8 Å². The summed E-state index contributed by atoms with van der Waals surface area (Å²) >= 11 is 0. The molecule has 2 heterocycles. The van der Waals surface area contributed by atoms with Gasteiger partial charge in [-0.15, -0.1) is 0 Å². The number of aldehydes is 1. The molecule has 2 saturated heterocycles. The van der Waals surface area contributed by atoms with E-state index in [1.54, 1.807) is 0 Å². The van der Waals surface area contributed by atoms with Gasteiger partial charge in [-0.1, -0.05) is 13.8 Å². The van der Waals surface area contributed by atoms with Gasteiger partial charge in [-0.05, 0) is 65.2 Å². The summed E-state index contributed by atoms with van der Waals surface area (Å²) in [5.41, 5.74) is 0. The third kappa shape index (κ3) is 8.44. The smallest absolute Gasteiger partial charge is 0.158 e. The fourth-order valence-electron chi connectivity index (χ4n) is 3.12. The van der Waals surface area contributed by atoms with Gasteiger partial charge in [0.1, 0.15) is 12.4 Å². The molecule has 6 atom stereocenters. The van der Waals surface area contributed by atoms with E-state index in [4.69, 9.17) is 24.1 Å². The van der Waals surface area contributed by atoms with Crippen molar-refractivity contribution in [2.45, 2.75) is 104 Å². The molecule has 0 aliphatic carbocycles. The summed E-state index contributed by atoms with van der Waals surface area (Å²) in [5.74, 6) is 0.765. The number of carbonyl (C=O) groups excluding carboxylic acids is 1. The topological polar surface area (TPSA) is 74.2 Å². The largest absolute Gasteiger partial charge is 0.394 e. The summed E-state index contributed by atoms with van der Waals surface area (Å²) in [6.45, 7) is 12.2. The summed E-state index contributed by atoms with van der Waals surface area (Å²) < 4.78 is 22.1. The lowest BCUT2D eigenvalue weighted by molar-refractivity contribution is -0.228. The van der Waals surface area contributed by atoms with E-state index in [2.05, 4.69) is 6.92 Å². The first-order chi connectivity index (χ1) is 12.3. The minimum absolute atomic E-state index is 0.0440.